The van der Waals surface area contributed by atoms with Gasteiger partial charge < -0.3 is 11.1 Å². The minimum atomic E-state index is -0.0212. The molecular formula is C14H20BrN3O. The number of amides is 1. The molecule has 2 unspecified atom stereocenters. The molecule has 19 heavy (non-hydrogen) atoms. The summed E-state index contributed by atoms with van der Waals surface area (Å²) < 4.78 is 1.05. The molecule has 4 nitrogen and oxygen atoms in total. The number of hydrogen-bond donors (Lipinski definition) is 2. The summed E-state index contributed by atoms with van der Waals surface area (Å²) >= 11 is 3.44. The topological polar surface area (TPSA) is 58.4 Å². The van der Waals surface area contributed by atoms with Crippen molar-refractivity contribution in [2.45, 2.75) is 25.4 Å². The molecule has 2 atom stereocenters. The molecule has 0 aliphatic carbocycles. The lowest BCUT2D eigenvalue weighted by Gasteiger charge is -2.33. The number of carbonyl (C=O) groups is 1. The molecule has 3 N–H and O–H groups in total. The van der Waals surface area contributed by atoms with Crippen LogP contribution in [-0.4, -0.2) is 36.5 Å². The second kappa shape index (κ2) is 6.50. The zero-order chi connectivity index (χ0) is 13.8. The predicted molar refractivity (Wildman–Crippen MR) is 79.7 cm³/mol. The Morgan fingerprint density at radius 2 is 2.05 bits per heavy atom. The van der Waals surface area contributed by atoms with Crippen LogP contribution >= 0.6 is 15.9 Å². The van der Waals surface area contributed by atoms with E-state index in [2.05, 4.69) is 38.3 Å². The van der Waals surface area contributed by atoms with Crippen LogP contribution in [0.5, 0.6) is 0 Å². The molecule has 1 heterocycles. The molecule has 104 valence electrons. The van der Waals surface area contributed by atoms with E-state index >= 15 is 0 Å². The van der Waals surface area contributed by atoms with Crippen molar-refractivity contribution in [3.8, 4) is 0 Å². The molecule has 1 aliphatic heterocycles. The minimum absolute atomic E-state index is 0.0212. The summed E-state index contributed by atoms with van der Waals surface area (Å²) in [7, 11) is 0. The molecular weight excluding hydrogens is 306 g/mol. The summed E-state index contributed by atoms with van der Waals surface area (Å²) in [6.07, 6.45) is 0.964. The maximum absolute atomic E-state index is 11.7. The number of carbonyl (C=O) groups excluding carboxylic acids is 1. The summed E-state index contributed by atoms with van der Waals surface area (Å²) in [5, 5.41) is 2.90. The number of nitrogens with zero attached hydrogens (tertiary/aromatic N) is 1. The first-order valence-corrected chi connectivity index (χ1v) is 7.39. The molecule has 0 spiro atoms. The molecule has 0 radical (unpaired) electrons. The van der Waals surface area contributed by atoms with Crippen LogP contribution in [-0.2, 0) is 4.79 Å². The highest BCUT2D eigenvalue weighted by atomic mass is 79.9. The Morgan fingerprint density at radius 3 is 2.68 bits per heavy atom. The van der Waals surface area contributed by atoms with Gasteiger partial charge in [0.05, 0.1) is 12.6 Å². The van der Waals surface area contributed by atoms with E-state index in [-0.39, 0.29) is 18.0 Å². The van der Waals surface area contributed by atoms with E-state index in [4.69, 9.17) is 5.73 Å². The fraction of sp³-hybridized carbons (Fsp3) is 0.500. The Bertz CT molecular complexity index is 433. The van der Waals surface area contributed by atoms with Crippen LogP contribution < -0.4 is 11.1 Å². The Hall–Kier alpha value is -0.910. The highest BCUT2D eigenvalue weighted by molar-refractivity contribution is 9.10. The van der Waals surface area contributed by atoms with Gasteiger partial charge in [-0.2, -0.15) is 0 Å². The third-order valence-corrected chi connectivity index (χ3v) is 3.92. The number of halogens is 1. The number of rotatable bonds is 3. The molecule has 1 aromatic carbocycles. The van der Waals surface area contributed by atoms with E-state index in [1.807, 2.05) is 19.1 Å². The number of hydrogen-bond acceptors (Lipinski definition) is 3. The van der Waals surface area contributed by atoms with E-state index < -0.39 is 0 Å². The number of benzene rings is 1. The van der Waals surface area contributed by atoms with E-state index in [0.717, 1.165) is 29.5 Å². The number of nitrogens with two attached hydrogens (primary N) is 1. The standard InChI is InChI=1S/C14H20BrN3O/c1-10(16)14(11-3-5-12(15)6-4-11)18-8-2-7-17-13(19)9-18/h3-6,10,14H,2,7-9,16H2,1H3,(H,17,19). The van der Waals surface area contributed by atoms with Gasteiger partial charge in [-0.25, -0.2) is 0 Å². The summed E-state index contributed by atoms with van der Waals surface area (Å²) in [5.74, 6) is 0.0836. The third-order valence-electron chi connectivity index (χ3n) is 3.39. The average molecular weight is 326 g/mol. The molecule has 1 amide bonds. The van der Waals surface area contributed by atoms with Crippen molar-refractivity contribution >= 4 is 21.8 Å². The van der Waals surface area contributed by atoms with Crippen LogP contribution in [0.1, 0.15) is 24.9 Å². The molecule has 1 aromatic rings. The van der Waals surface area contributed by atoms with Crippen molar-refractivity contribution in [2.24, 2.45) is 5.73 Å². The Morgan fingerprint density at radius 1 is 1.37 bits per heavy atom. The minimum Gasteiger partial charge on any atom is -0.355 e. The van der Waals surface area contributed by atoms with Crippen molar-refractivity contribution in [3.05, 3.63) is 34.3 Å². The largest absolute Gasteiger partial charge is 0.355 e. The first-order valence-electron chi connectivity index (χ1n) is 6.59. The van der Waals surface area contributed by atoms with Crippen molar-refractivity contribution in [2.75, 3.05) is 19.6 Å². The van der Waals surface area contributed by atoms with Crippen LogP contribution in [0.4, 0.5) is 0 Å². The smallest absolute Gasteiger partial charge is 0.234 e. The molecule has 0 bridgehead atoms. The highest BCUT2D eigenvalue weighted by Gasteiger charge is 2.26. The lowest BCUT2D eigenvalue weighted by atomic mass is 9.99. The summed E-state index contributed by atoms with van der Waals surface area (Å²) in [6, 6.07) is 8.23. The van der Waals surface area contributed by atoms with Crippen molar-refractivity contribution in [1.82, 2.24) is 10.2 Å². The quantitative estimate of drug-likeness (QED) is 0.888. The summed E-state index contributed by atoms with van der Waals surface area (Å²) in [6.45, 7) is 4.06. The van der Waals surface area contributed by atoms with Crippen LogP contribution in [0.3, 0.4) is 0 Å². The van der Waals surface area contributed by atoms with Gasteiger partial charge in [-0.05, 0) is 31.0 Å². The second-order valence-corrected chi connectivity index (χ2v) is 5.95. The van der Waals surface area contributed by atoms with E-state index in [1.165, 1.54) is 0 Å². The Labute approximate surface area is 122 Å². The summed E-state index contributed by atoms with van der Waals surface area (Å²) in [5.41, 5.74) is 7.31. The number of nitrogens with one attached hydrogen (secondary N) is 1. The van der Waals surface area contributed by atoms with Crippen LogP contribution in [0, 0.1) is 0 Å². The van der Waals surface area contributed by atoms with E-state index in [0.29, 0.717) is 6.54 Å². The zero-order valence-electron chi connectivity index (χ0n) is 11.1. The molecule has 5 heteroatoms. The fourth-order valence-electron chi connectivity index (χ4n) is 2.57. The van der Waals surface area contributed by atoms with Gasteiger partial charge in [-0.3, -0.25) is 9.69 Å². The van der Waals surface area contributed by atoms with Gasteiger partial charge in [0.15, 0.2) is 0 Å². The molecule has 0 saturated carbocycles. The van der Waals surface area contributed by atoms with Crippen molar-refractivity contribution in [3.63, 3.8) is 0 Å². The first-order chi connectivity index (χ1) is 9.08. The Balaban J connectivity index is 2.23. The SMILES string of the molecule is CC(N)C(c1ccc(Br)cc1)N1CCCNC(=O)C1. The van der Waals surface area contributed by atoms with Gasteiger partial charge >= 0.3 is 0 Å². The van der Waals surface area contributed by atoms with Gasteiger partial charge in [0.1, 0.15) is 0 Å². The zero-order valence-corrected chi connectivity index (χ0v) is 12.7. The fourth-order valence-corrected chi connectivity index (χ4v) is 2.84. The maximum Gasteiger partial charge on any atom is 0.234 e. The molecule has 1 fully saturated rings. The van der Waals surface area contributed by atoms with Crippen molar-refractivity contribution < 1.29 is 4.79 Å². The van der Waals surface area contributed by atoms with Crippen LogP contribution in [0.2, 0.25) is 0 Å². The molecule has 0 aromatic heterocycles. The predicted octanol–water partition coefficient (Wildman–Crippen LogP) is 1.66. The van der Waals surface area contributed by atoms with Gasteiger partial charge in [0.25, 0.3) is 0 Å². The maximum atomic E-state index is 11.7. The highest BCUT2D eigenvalue weighted by Crippen LogP contribution is 2.25. The van der Waals surface area contributed by atoms with E-state index in [1.54, 1.807) is 0 Å². The van der Waals surface area contributed by atoms with Crippen LogP contribution in [0.15, 0.2) is 28.7 Å². The lowest BCUT2D eigenvalue weighted by Crippen LogP contribution is -2.42. The molecule has 2 rings (SSSR count). The van der Waals surface area contributed by atoms with Crippen LogP contribution in [0.25, 0.3) is 0 Å². The monoisotopic (exact) mass is 325 g/mol. The summed E-state index contributed by atoms with van der Waals surface area (Å²) in [4.78, 5) is 13.9. The van der Waals surface area contributed by atoms with Gasteiger partial charge in [-0.1, -0.05) is 28.1 Å². The third kappa shape index (κ3) is 3.78. The molecule has 1 aliphatic rings. The first kappa shape index (κ1) is 14.5. The normalized spacial score (nSPS) is 20.5. The van der Waals surface area contributed by atoms with Gasteiger partial charge in [0, 0.05) is 23.6 Å². The average Bonchev–Trinajstić information content (AvgIpc) is 2.56. The Kier molecular flexibility index (Phi) is 4.96. The van der Waals surface area contributed by atoms with Gasteiger partial charge in [-0.15, -0.1) is 0 Å². The van der Waals surface area contributed by atoms with E-state index in [9.17, 15) is 4.79 Å². The van der Waals surface area contributed by atoms with Gasteiger partial charge in [0.2, 0.25) is 5.91 Å². The molecule has 1 saturated heterocycles. The lowest BCUT2D eigenvalue weighted by molar-refractivity contribution is -0.122. The van der Waals surface area contributed by atoms with Crippen molar-refractivity contribution in [1.29, 1.82) is 0 Å². The second-order valence-electron chi connectivity index (χ2n) is 5.03.